The number of carbonyl (C=O) groups is 2. The first-order chi connectivity index (χ1) is 17.5. The third-order valence-electron chi connectivity index (χ3n) is 6.54. The number of nitrogens with one attached hydrogen (secondary N) is 2. The van der Waals surface area contributed by atoms with E-state index >= 15 is 0 Å². The summed E-state index contributed by atoms with van der Waals surface area (Å²) < 4.78 is 5.59. The zero-order chi connectivity index (χ0) is 25.2. The van der Waals surface area contributed by atoms with E-state index < -0.39 is 18.0 Å². The average molecular weight is 499 g/mol. The van der Waals surface area contributed by atoms with Gasteiger partial charge in [-0.05, 0) is 55.4 Å². The zero-order valence-electron chi connectivity index (χ0n) is 20.1. The van der Waals surface area contributed by atoms with Crippen molar-refractivity contribution in [2.45, 2.75) is 45.6 Å². The number of ether oxygens (including phenoxy) is 1. The molecule has 2 atom stereocenters. The van der Waals surface area contributed by atoms with Crippen molar-refractivity contribution in [3.05, 3.63) is 70.1 Å². The largest absolute Gasteiger partial charge is 0.449 e. The molecule has 0 fully saturated rings. The highest BCUT2D eigenvalue weighted by Gasteiger charge is 2.28. The number of H-pyrrole nitrogens is 1. The number of nitrogens with zero attached hydrogens (tertiary/aromatic N) is 2. The molecule has 1 aliphatic rings. The molecule has 2 N–H and O–H groups in total. The second-order valence-electron chi connectivity index (χ2n) is 9.14. The topological polar surface area (TPSA) is 108 Å². The molecule has 0 aliphatic heterocycles. The van der Waals surface area contributed by atoms with Gasteiger partial charge in [-0.1, -0.05) is 44.2 Å². The van der Waals surface area contributed by atoms with Gasteiger partial charge in [0.05, 0.1) is 22.2 Å². The molecule has 1 aliphatic carbocycles. The van der Waals surface area contributed by atoms with Crippen LogP contribution in [0.5, 0.6) is 0 Å². The Morgan fingerprint density at radius 2 is 2.08 bits per heavy atom. The molecule has 8 heteroatoms. The number of esters is 1. The molecule has 2 unspecified atom stereocenters. The summed E-state index contributed by atoms with van der Waals surface area (Å²) in [5.74, 6) is 0.257. The van der Waals surface area contributed by atoms with Gasteiger partial charge in [0.1, 0.15) is 16.9 Å². The van der Waals surface area contributed by atoms with Crippen LogP contribution in [0, 0.1) is 17.2 Å². The normalized spacial score (nSPS) is 15.6. The van der Waals surface area contributed by atoms with E-state index in [4.69, 9.17) is 4.74 Å². The van der Waals surface area contributed by atoms with E-state index in [0.29, 0.717) is 39.8 Å². The predicted octanol–water partition coefficient (Wildman–Crippen LogP) is 5.86. The van der Waals surface area contributed by atoms with Gasteiger partial charge in [-0.15, -0.1) is 11.3 Å². The standard InChI is InChI=1S/C28H26N4O3S/c1-3-23(26(33)32-27-20(15-29)19-11-9-16(2)13-24(19)36-27)35-28(34)18-10-12-21-22(14-18)31-25(30-21)17-7-5-4-6-8-17/h4-8,10,12,14,16,23H,3,9,11,13H2,1-2H3,(H,30,31)(H,32,33). The van der Waals surface area contributed by atoms with Gasteiger partial charge >= 0.3 is 5.97 Å². The molecule has 0 bridgehead atoms. The Morgan fingerprint density at radius 3 is 2.83 bits per heavy atom. The quantitative estimate of drug-likeness (QED) is 0.324. The second kappa shape index (κ2) is 9.96. The summed E-state index contributed by atoms with van der Waals surface area (Å²) in [6.45, 7) is 3.98. The molecule has 0 saturated carbocycles. The van der Waals surface area contributed by atoms with Crippen LogP contribution in [0.15, 0.2) is 48.5 Å². The van der Waals surface area contributed by atoms with Crippen LogP contribution in [0.4, 0.5) is 5.00 Å². The fourth-order valence-corrected chi connectivity index (χ4v) is 5.90. The number of fused-ring (bicyclic) bond motifs is 2. The minimum atomic E-state index is -0.973. The fourth-order valence-electron chi connectivity index (χ4n) is 4.54. The van der Waals surface area contributed by atoms with Gasteiger partial charge < -0.3 is 15.0 Å². The molecule has 0 saturated heterocycles. The van der Waals surface area contributed by atoms with Crippen molar-refractivity contribution in [3.8, 4) is 17.5 Å². The number of hydrogen-bond donors (Lipinski definition) is 2. The number of amides is 1. The van der Waals surface area contributed by atoms with Crippen molar-refractivity contribution >= 4 is 39.2 Å². The zero-order valence-corrected chi connectivity index (χ0v) is 20.9. The van der Waals surface area contributed by atoms with E-state index in [1.165, 1.54) is 11.3 Å². The van der Waals surface area contributed by atoms with E-state index in [-0.39, 0.29) is 0 Å². The van der Waals surface area contributed by atoms with Crippen LogP contribution in [-0.4, -0.2) is 27.9 Å². The summed E-state index contributed by atoms with van der Waals surface area (Å²) in [5, 5.41) is 13.1. The van der Waals surface area contributed by atoms with Gasteiger partial charge in [0, 0.05) is 10.4 Å². The van der Waals surface area contributed by atoms with E-state index in [0.717, 1.165) is 40.8 Å². The Morgan fingerprint density at radius 1 is 1.28 bits per heavy atom. The van der Waals surface area contributed by atoms with Gasteiger partial charge in [-0.2, -0.15) is 5.26 Å². The van der Waals surface area contributed by atoms with Gasteiger partial charge in [0.2, 0.25) is 0 Å². The lowest BCUT2D eigenvalue weighted by atomic mass is 9.88. The van der Waals surface area contributed by atoms with Crippen molar-refractivity contribution in [3.63, 3.8) is 0 Å². The lowest BCUT2D eigenvalue weighted by molar-refractivity contribution is -0.124. The van der Waals surface area contributed by atoms with Crippen molar-refractivity contribution in [1.29, 1.82) is 5.26 Å². The van der Waals surface area contributed by atoms with Gasteiger partial charge in [-0.25, -0.2) is 9.78 Å². The van der Waals surface area contributed by atoms with Crippen LogP contribution in [0.1, 0.15) is 53.1 Å². The third-order valence-corrected chi connectivity index (χ3v) is 7.71. The van der Waals surface area contributed by atoms with Crippen LogP contribution in [0.25, 0.3) is 22.4 Å². The molecule has 182 valence electrons. The fraction of sp³-hybridized carbons (Fsp3) is 0.286. The number of aromatic nitrogens is 2. The van der Waals surface area contributed by atoms with Crippen LogP contribution in [0.3, 0.4) is 0 Å². The first kappa shape index (κ1) is 23.8. The molecule has 0 radical (unpaired) electrons. The average Bonchev–Trinajstić information content (AvgIpc) is 3.47. The number of anilines is 1. The Bertz CT molecular complexity index is 1480. The first-order valence-electron chi connectivity index (χ1n) is 12.1. The maximum Gasteiger partial charge on any atom is 0.338 e. The van der Waals surface area contributed by atoms with Gasteiger partial charge in [-0.3, -0.25) is 4.79 Å². The maximum absolute atomic E-state index is 13.0. The molecule has 36 heavy (non-hydrogen) atoms. The lowest BCUT2D eigenvalue weighted by Crippen LogP contribution is -2.32. The van der Waals surface area contributed by atoms with Gasteiger partial charge in [0.25, 0.3) is 5.91 Å². The first-order valence-corrected chi connectivity index (χ1v) is 12.9. The molecule has 2 aromatic carbocycles. The Hall–Kier alpha value is -3.96. The highest BCUT2D eigenvalue weighted by Crippen LogP contribution is 2.39. The number of imidazole rings is 1. The van der Waals surface area contributed by atoms with E-state index in [1.54, 1.807) is 25.1 Å². The smallest absolute Gasteiger partial charge is 0.338 e. The molecule has 0 spiro atoms. The summed E-state index contributed by atoms with van der Waals surface area (Å²) in [7, 11) is 0. The number of benzene rings is 2. The maximum atomic E-state index is 13.0. The lowest BCUT2D eigenvalue weighted by Gasteiger charge is -2.17. The Kier molecular flexibility index (Phi) is 6.57. The summed E-state index contributed by atoms with van der Waals surface area (Å²) in [4.78, 5) is 34.9. The molecule has 2 aromatic heterocycles. The third kappa shape index (κ3) is 4.62. The number of hydrogen-bond acceptors (Lipinski definition) is 6. The SMILES string of the molecule is CCC(OC(=O)c1ccc2nc(-c3ccccc3)[nH]c2c1)C(=O)Nc1sc2c(c1C#N)CCC(C)C2. The van der Waals surface area contributed by atoms with Crippen molar-refractivity contribution in [2.24, 2.45) is 5.92 Å². The second-order valence-corrected chi connectivity index (χ2v) is 10.2. The molecular weight excluding hydrogens is 472 g/mol. The number of thiophene rings is 1. The Labute approximate surface area is 213 Å². The molecule has 5 rings (SSSR count). The molecule has 1 amide bonds. The van der Waals surface area contributed by atoms with E-state index in [1.807, 2.05) is 30.3 Å². The summed E-state index contributed by atoms with van der Waals surface area (Å²) in [6.07, 6.45) is 2.14. The number of aromatic amines is 1. The van der Waals surface area contributed by atoms with E-state index in [2.05, 4.69) is 28.3 Å². The van der Waals surface area contributed by atoms with Crippen molar-refractivity contribution in [1.82, 2.24) is 9.97 Å². The summed E-state index contributed by atoms with van der Waals surface area (Å²) in [5.41, 5.74) is 4.30. The minimum Gasteiger partial charge on any atom is -0.449 e. The highest BCUT2D eigenvalue weighted by atomic mass is 32.1. The highest BCUT2D eigenvalue weighted by molar-refractivity contribution is 7.16. The summed E-state index contributed by atoms with van der Waals surface area (Å²) >= 11 is 1.46. The van der Waals surface area contributed by atoms with Crippen LogP contribution in [-0.2, 0) is 22.4 Å². The van der Waals surface area contributed by atoms with Crippen molar-refractivity contribution in [2.75, 3.05) is 5.32 Å². The van der Waals surface area contributed by atoms with Crippen LogP contribution >= 0.6 is 11.3 Å². The number of carbonyl (C=O) groups excluding carboxylic acids is 2. The molecular formula is C28H26N4O3S. The number of rotatable bonds is 6. The number of nitriles is 1. The van der Waals surface area contributed by atoms with Gasteiger partial charge in [0.15, 0.2) is 6.10 Å². The monoisotopic (exact) mass is 498 g/mol. The molecule has 4 aromatic rings. The Balaban J connectivity index is 1.31. The molecule has 2 heterocycles. The predicted molar refractivity (Wildman–Crippen MR) is 140 cm³/mol. The van der Waals surface area contributed by atoms with Crippen LogP contribution < -0.4 is 5.32 Å². The molecule has 7 nitrogen and oxygen atoms in total. The van der Waals surface area contributed by atoms with E-state index in [9.17, 15) is 14.9 Å². The summed E-state index contributed by atoms with van der Waals surface area (Å²) in [6, 6.07) is 17.1. The van der Waals surface area contributed by atoms with Crippen LogP contribution in [0.2, 0.25) is 0 Å². The van der Waals surface area contributed by atoms with Crippen molar-refractivity contribution < 1.29 is 14.3 Å². The minimum absolute atomic E-state index is 0.312.